The van der Waals surface area contributed by atoms with E-state index in [1.807, 2.05) is 0 Å². The molecule has 4 heteroatoms. The maximum absolute atomic E-state index is 13.3. The average Bonchev–Trinajstić information content (AvgIpc) is 2.13. The monoisotopic (exact) mass is 216 g/mol. The molecule has 0 unspecified atom stereocenters. The molecule has 0 spiro atoms. The second kappa shape index (κ2) is 4.55. The van der Waals surface area contributed by atoms with E-state index in [1.165, 1.54) is 19.1 Å². The molecule has 0 saturated heterocycles. The fourth-order valence-electron chi connectivity index (χ4n) is 1.13. The Morgan fingerprint density at radius 3 is 2.50 bits per heavy atom. The summed E-state index contributed by atoms with van der Waals surface area (Å²) >= 11 is 1.14. The highest BCUT2D eigenvalue weighted by atomic mass is 32.2. The molecule has 0 amide bonds. The van der Waals surface area contributed by atoms with E-state index < -0.39 is 11.6 Å². The maximum atomic E-state index is 13.3. The predicted molar refractivity (Wildman–Crippen MR) is 52.5 cm³/mol. The minimum Gasteiger partial charge on any atom is -0.300 e. The zero-order chi connectivity index (χ0) is 10.7. The van der Waals surface area contributed by atoms with Crippen molar-refractivity contribution in [3.05, 3.63) is 29.3 Å². The molecule has 0 aliphatic rings. The van der Waals surface area contributed by atoms with Crippen molar-refractivity contribution < 1.29 is 13.6 Å². The Kier molecular flexibility index (Phi) is 3.63. The lowest BCUT2D eigenvalue weighted by atomic mass is 10.1. The van der Waals surface area contributed by atoms with E-state index in [-0.39, 0.29) is 22.7 Å². The topological polar surface area (TPSA) is 17.1 Å². The molecule has 0 N–H and O–H groups in total. The Labute approximate surface area is 85.5 Å². The van der Waals surface area contributed by atoms with Crippen LogP contribution in [0.15, 0.2) is 17.0 Å². The maximum Gasteiger partial charge on any atom is 0.172 e. The van der Waals surface area contributed by atoms with Gasteiger partial charge in [-0.15, -0.1) is 11.8 Å². The molecule has 0 aliphatic carbocycles. The zero-order valence-electron chi connectivity index (χ0n) is 7.93. The molecule has 1 rings (SSSR count). The number of thioether (sulfide) groups is 1. The summed E-state index contributed by atoms with van der Waals surface area (Å²) in [6.07, 6.45) is 1.61. The molecule has 14 heavy (non-hydrogen) atoms. The van der Waals surface area contributed by atoms with Gasteiger partial charge < -0.3 is 0 Å². The number of rotatable bonds is 3. The Balaban J connectivity index is 3.10. The molecule has 0 fully saturated rings. The van der Waals surface area contributed by atoms with Gasteiger partial charge >= 0.3 is 0 Å². The molecule has 76 valence electrons. The number of ketones is 1. The highest BCUT2D eigenvalue weighted by molar-refractivity contribution is 7.98. The van der Waals surface area contributed by atoms with Crippen LogP contribution in [0.1, 0.15) is 12.5 Å². The molecule has 0 aromatic heterocycles. The van der Waals surface area contributed by atoms with Crippen LogP contribution >= 0.6 is 11.8 Å². The van der Waals surface area contributed by atoms with Crippen LogP contribution < -0.4 is 0 Å². The van der Waals surface area contributed by atoms with Gasteiger partial charge in [-0.2, -0.15) is 0 Å². The first-order valence-corrected chi connectivity index (χ1v) is 5.29. The minimum atomic E-state index is -0.910. The first-order chi connectivity index (χ1) is 6.56. The molecule has 0 aliphatic heterocycles. The Morgan fingerprint density at radius 2 is 2.00 bits per heavy atom. The van der Waals surface area contributed by atoms with Gasteiger partial charge in [0.25, 0.3) is 0 Å². The number of benzene rings is 1. The lowest BCUT2D eigenvalue weighted by Crippen LogP contribution is -2.02. The van der Waals surface area contributed by atoms with Gasteiger partial charge in [-0.05, 0) is 24.8 Å². The molecule has 0 bridgehead atoms. The second-order valence-electron chi connectivity index (χ2n) is 2.93. The Bertz CT molecular complexity index is 363. The van der Waals surface area contributed by atoms with E-state index in [9.17, 15) is 13.6 Å². The van der Waals surface area contributed by atoms with Crippen molar-refractivity contribution >= 4 is 17.5 Å². The van der Waals surface area contributed by atoms with Crippen LogP contribution in [-0.2, 0) is 11.2 Å². The van der Waals surface area contributed by atoms with Crippen LogP contribution in [0.5, 0.6) is 0 Å². The molecule has 1 aromatic carbocycles. The summed E-state index contributed by atoms with van der Waals surface area (Å²) < 4.78 is 26.5. The van der Waals surface area contributed by atoms with Gasteiger partial charge in [0.2, 0.25) is 0 Å². The van der Waals surface area contributed by atoms with E-state index in [1.54, 1.807) is 6.26 Å². The van der Waals surface area contributed by atoms with Crippen LogP contribution in [0.2, 0.25) is 0 Å². The fraction of sp³-hybridized carbons (Fsp3) is 0.300. The molecule has 0 heterocycles. The lowest BCUT2D eigenvalue weighted by Gasteiger charge is -2.04. The van der Waals surface area contributed by atoms with E-state index in [4.69, 9.17) is 0 Å². The van der Waals surface area contributed by atoms with Crippen molar-refractivity contribution in [3.8, 4) is 0 Å². The van der Waals surface area contributed by atoms with Crippen LogP contribution in [0, 0.1) is 11.6 Å². The van der Waals surface area contributed by atoms with Crippen LogP contribution in [-0.4, -0.2) is 12.0 Å². The lowest BCUT2D eigenvalue weighted by molar-refractivity contribution is -0.116. The highest BCUT2D eigenvalue weighted by Gasteiger charge is 2.13. The summed E-state index contributed by atoms with van der Waals surface area (Å²) in [5.74, 6) is -1.96. The summed E-state index contributed by atoms with van der Waals surface area (Å²) in [4.78, 5) is 11.0. The highest BCUT2D eigenvalue weighted by Crippen LogP contribution is 2.23. The number of hydrogen-bond donors (Lipinski definition) is 0. The van der Waals surface area contributed by atoms with Gasteiger partial charge in [0.05, 0.1) is 0 Å². The number of Topliss-reactive ketones (excluding diaryl/α,β-unsaturated/α-hetero) is 1. The van der Waals surface area contributed by atoms with Crippen LogP contribution in [0.25, 0.3) is 0 Å². The molecule has 0 atom stereocenters. The third kappa shape index (κ3) is 2.32. The summed E-state index contributed by atoms with van der Waals surface area (Å²) in [5, 5.41) is 0. The van der Waals surface area contributed by atoms with E-state index in [0.717, 1.165) is 11.8 Å². The molecule has 0 radical (unpaired) electrons. The quantitative estimate of drug-likeness (QED) is 0.723. The number of hydrogen-bond acceptors (Lipinski definition) is 2. The summed E-state index contributed by atoms with van der Waals surface area (Å²) in [6, 6.07) is 2.94. The third-order valence-corrected chi connectivity index (χ3v) is 2.54. The SMILES string of the molecule is CSc1ccc(CC(C)=O)c(F)c1F. The Morgan fingerprint density at radius 1 is 1.36 bits per heavy atom. The normalized spacial score (nSPS) is 10.3. The Hall–Kier alpha value is -0.900. The average molecular weight is 216 g/mol. The molecule has 1 nitrogen and oxygen atoms in total. The van der Waals surface area contributed by atoms with Crippen LogP contribution in [0.3, 0.4) is 0 Å². The van der Waals surface area contributed by atoms with Gasteiger partial charge in [-0.3, -0.25) is 4.79 Å². The van der Waals surface area contributed by atoms with Crippen molar-refractivity contribution in [2.75, 3.05) is 6.26 Å². The fourth-order valence-corrected chi connectivity index (χ4v) is 1.61. The van der Waals surface area contributed by atoms with E-state index in [0.29, 0.717) is 0 Å². The summed E-state index contributed by atoms with van der Waals surface area (Å²) in [6.45, 7) is 1.35. The minimum absolute atomic E-state index is 0.0581. The number of carbonyl (C=O) groups is 1. The standard InChI is InChI=1S/C10H10F2OS/c1-6(13)5-7-3-4-8(14-2)10(12)9(7)11/h3-4H,5H2,1-2H3. The van der Waals surface area contributed by atoms with Gasteiger partial charge in [-0.25, -0.2) is 8.78 Å². The first kappa shape index (κ1) is 11.2. The van der Waals surface area contributed by atoms with Crippen molar-refractivity contribution in [2.45, 2.75) is 18.2 Å². The summed E-state index contributed by atoms with van der Waals surface area (Å²) in [7, 11) is 0. The van der Waals surface area contributed by atoms with E-state index >= 15 is 0 Å². The van der Waals surface area contributed by atoms with Crippen molar-refractivity contribution in [1.29, 1.82) is 0 Å². The van der Waals surface area contributed by atoms with Crippen molar-refractivity contribution in [3.63, 3.8) is 0 Å². The van der Waals surface area contributed by atoms with Gasteiger partial charge in [0, 0.05) is 11.3 Å². The molecular formula is C10H10F2OS. The smallest absolute Gasteiger partial charge is 0.172 e. The third-order valence-electron chi connectivity index (χ3n) is 1.79. The second-order valence-corrected chi connectivity index (χ2v) is 3.78. The number of carbonyl (C=O) groups excluding carboxylic acids is 1. The van der Waals surface area contributed by atoms with Crippen molar-refractivity contribution in [1.82, 2.24) is 0 Å². The molecular weight excluding hydrogens is 206 g/mol. The zero-order valence-corrected chi connectivity index (χ0v) is 8.75. The molecule has 1 aromatic rings. The van der Waals surface area contributed by atoms with Gasteiger partial charge in [0.1, 0.15) is 5.78 Å². The van der Waals surface area contributed by atoms with Crippen LogP contribution in [0.4, 0.5) is 8.78 Å². The first-order valence-electron chi connectivity index (χ1n) is 4.06. The summed E-state index contributed by atoms with van der Waals surface area (Å²) in [5.41, 5.74) is 0.118. The van der Waals surface area contributed by atoms with Gasteiger partial charge in [0.15, 0.2) is 11.6 Å². The number of halogens is 2. The van der Waals surface area contributed by atoms with E-state index in [2.05, 4.69) is 0 Å². The van der Waals surface area contributed by atoms with Gasteiger partial charge in [-0.1, -0.05) is 6.07 Å². The largest absolute Gasteiger partial charge is 0.300 e. The van der Waals surface area contributed by atoms with Crippen molar-refractivity contribution in [2.24, 2.45) is 0 Å². The molecule has 0 saturated carbocycles. The predicted octanol–water partition coefficient (Wildman–Crippen LogP) is 2.82.